The van der Waals surface area contributed by atoms with E-state index in [9.17, 15) is 4.79 Å². The molecule has 0 saturated carbocycles. The summed E-state index contributed by atoms with van der Waals surface area (Å²) >= 11 is 1.49. The Hall–Kier alpha value is -1.62. The van der Waals surface area contributed by atoms with Gasteiger partial charge in [-0.15, -0.1) is 11.3 Å². The molecule has 2 aromatic rings. The number of hydrogen-bond donors (Lipinski definition) is 0. The van der Waals surface area contributed by atoms with E-state index in [1.165, 1.54) is 11.3 Å². The molecule has 0 aliphatic heterocycles. The molecule has 0 saturated heterocycles. The van der Waals surface area contributed by atoms with Crippen molar-refractivity contribution in [3.63, 3.8) is 0 Å². The van der Waals surface area contributed by atoms with Crippen LogP contribution in [0.5, 0.6) is 0 Å². The number of rotatable bonds is 4. The van der Waals surface area contributed by atoms with Crippen LogP contribution in [-0.4, -0.2) is 27.6 Å². The average molecular weight is 263 g/mol. The van der Waals surface area contributed by atoms with Crippen molar-refractivity contribution in [3.8, 4) is 0 Å². The molecular weight excluding hydrogens is 246 g/mol. The van der Waals surface area contributed by atoms with Crippen LogP contribution in [0, 0.1) is 6.92 Å². The molecule has 0 radical (unpaired) electrons. The molecule has 2 aromatic heterocycles. The lowest BCUT2D eigenvalue weighted by molar-refractivity contribution is 0.0785. The number of carbonyl (C=O) groups excluding carboxylic acids is 1. The van der Waals surface area contributed by atoms with Crippen molar-refractivity contribution in [3.05, 3.63) is 39.8 Å². The van der Waals surface area contributed by atoms with Gasteiger partial charge in [0.15, 0.2) is 0 Å². The zero-order valence-corrected chi connectivity index (χ0v) is 11.7. The monoisotopic (exact) mass is 263 g/mol. The highest BCUT2D eigenvalue weighted by atomic mass is 32.1. The summed E-state index contributed by atoms with van der Waals surface area (Å²) in [6.45, 7) is 5.42. The summed E-state index contributed by atoms with van der Waals surface area (Å²) in [6, 6.07) is 3.93. The van der Waals surface area contributed by atoms with Crippen LogP contribution in [-0.2, 0) is 13.1 Å². The van der Waals surface area contributed by atoms with Crippen LogP contribution in [0.1, 0.15) is 27.9 Å². The molecule has 2 heterocycles. The molecule has 0 aromatic carbocycles. The minimum absolute atomic E-state index is 0.0753. The van der Waals surface area contributed by atoms with Crippen LogP contribution in [0.15, 0.2) is 23.7 Å². The number of aromatic nitrogens is 2. The molecule has 96 valence electrons. The Morgan fingerprint density at radius 2 is 2.28 bits per heavy atom. The lowest BCUT2D eigenvalue weighted by atomic mass is 10.2. The standard InChI is InChI=1S/C13H17N3OS/c1-4-16-11(5-7-14-16)9-15(3)13(17)12-10(2)6-8-18-12/h5-8H,4,9H2,1-3H3. The van der Waals surface area contributed by atoms with E-state index in [-0.39, 0.29) is 5.91 Å². The average Bonchev–Trinajstić information content (AvgIpc) is 2.96. The van der Waals surface area contributed by atoms with Crippen molar-refractivity contribution < 1.29 is 4.79 Å². The van der Waals surface area contributed by atoms with Gasteiger partial charge in [0, 0.05) is 19.8 Å². The number of aryl methyl sites for hydroxylation is 2. The number of amides is 1. The molecule has 18 heavy (non-hydrogen) atoms. The molecular formula is C13H17N3OS. The molecule has 0 fully saturated rings. The van der Waals surface area contributed by atoms with Gasteiger partial charge < -0.3 is 4.90 Å². The smallest absolute Gasteiger partial charge is 0.264 e. The van der Waals surface area contributed by atoms with E-state index in [0.717, 1.165) is 22.7 Å². The second kappa shape index (κ2) is 5.35. The van der Waals surface area contributed by atoms with E-state index in [2.05, 4.69) is 5.10 Å². The van der Waals surface area contributed by atoms with Gasteiger partial charge in [0.1, 0.15) is 0 Å². The molecule has 0 unspecified atom stereocenters. The SMILES string of the molecule is CCn1nccc1CN(C)C(=O)c1sccc1C. The van der Waals surface area contributed by atoms with E-state index in [1.54, 1.807) is 11.1 Å². The summed E-state index contributed by atoms with van der Waals surface area (Å²) in [5, 5.41) is 6.16. The molecule has 5 heteroatoms. The maximum atomic E-state index is 12.3. The minimum atomic E-state index is 0.0753. The van der Waals surface area contributed by atoms with E-state index in [0.29, 0.717) is 6.54 Å². The quantitative estimate of drug-likeness (QED) is 0.850. The number of hydrogen-bond acceptors (Lipinski definition) is 3. The van der Waals surface area contributed by atoms with Crippen molar-refractivity contribution in [1.82, 2.24) is 14.7 Å². The molecule has 0 atom stereocenters. The second-order valence-corrected chi connectivity index (χ2v) is 5.15. The predicted octanol–water partition coefficient (Wildman–Crippen LogP) is 2.55. The highest BCUT2D eigenvalue weighted by molar-refractivity contribution is 7.12. The van der Waals surface area contributed by atoms with Gasteiger partial charge in [0.25, 0.3) is 5.91 Å². The number of thiophene rings is 1. The van der Waals surface area contributed by atoms with Gasteiger partial charge >= 0.3 is 0 Å². The third-order valence-corrected chi connectivity index (χ3v) is 3.91. The van der Waals surface area contributed by atoms with Crippen LogP contribution in [0.25, 0.3) is 0 Å². The fourth-order valence-corrected chi connectivity index (χ4v) is 2.78. The Morgan fingerprint density at radius 1 is 1.50 bits per heavy atom. The zero-order chi connectivity index (χ0) is 13.1. The molecule has 0 spiro atoms. The van der Waals surface area contributed by atoms with Gasteiger partial charge in [-0.2, -0.15) is 5.10 Å². The number of carbonyl (C=O) groups is 1. The summed E-state index contributed by atoms with van der Waals surface area (Å²) in [7, 11) is 1.83. The molecule has 1 amide bonds. The summed E-state index contributed by atoms with van der Waals surface area (Å²) < 4.78 is 1.91. The first-order chi connectivity index (χ1) is 8.63. The van der Waals surface area contributed by atoms with Crippen molar-refractivity contribution in [1.29, 1.82) is 0 Å². The molecule has 4 nitrogen and oxygen atoms in total. The lowest BCUT2D eigenvalue weighted by Crippen LogP contribution is -2.27. The third kappa shape index (κ3) is 2.46. The van der Waals surface area contributed by atoms with Crippen LogP contribution < -0.4 is 0 Å². The normalized spacial score (nSPS) is 10.6. The Morgan fingerprint density at radius 3 is 2.89 bits per heavy atom. The van der Waals surface area contributed by atoms with E-state index in [1.807, 2.05) is 43.1 Å². The summed E-state index contributed by atoms with van der Waals surface area (Å²) in [4.78, 5) is 14.8. The first kappa shape index (κ1) is 12.8. The van der Waals surface area contributed by atoms with Crippen LogP contribution >= 0.6 is 11.3 Å². The predicted molar refractivity (Wildman–Crippen MR) is 72.8 cm³/mol. The molecule has 0 aliphatic carbocycles. The summed E-state index contributed by atoms with van der Waals surface area (Å²) in [5.74, 6) is 0.0753. The third-order valence-electron chi connectivity index (χ3n) is 2.91. The molecule has 0 aliphatic rings. The van der Waals surface area contributed by atoms with E-state index in [4.69, 9.17) is 0 Å². The molecule has 0 bridgehead atoms. The van der Waals surface area contributed by atoms with Crippen LogP contribution in [0.4, 0.5) is 0 Å². The van der Waals surface area contributed by atoms with Crippen molar-refractivity contribution in [2.75, 3.05) is 7.05 Å². The van der Waals surface area contributed by atoms with E-state index < -0.39 is 0 Å². The largest absolute Gasteiger partial charge is 0.335 e. The van der Waals surface area contributed by atoms with Crippen molar-refractivity contribution in [2.45, 2.75) is 26.9 Å². The van der Waals surface area contributed by atoms with Gasteiger partial charge in [-0.05, 0) is 36.9 Å². The maximum Gasteiger partial charge on any atom is 0.264 e. The fourth-order valence-electron chi connectivity index (χ4n) is 1.86. The van der Waals surface area contributed by atoms with Gasteiger partial charge in [0.2, 0.25) is 0 Å². The van der Waals surface area contributed by atoms with Crippen LogP contribution in [0.2, 0.25) is 0 Å². The van der Waals surface area contributed by atoms with E-state index >= 15 is 0 Å². The first-order valence-electron chi connectivity index (χ1n) is 5.93. The highest BCUT2D eigenvalue weighted by Crippen LogP contribution is 2.18. The Kier molecular flexibility index (Phi) is 3.81. The van der Waals surface area contributed by atoms with Gasteiger partial charge in [-0.1, -0.05) is 0 Å². The second-order valence-electron chi connectivity index (χ2n) is 4.23. The molecule has 2 rings (SSSR count). The first-order valence-corrected chi connectivity index (χ1v) is 6.81. The minimum Gasteiger partial charge on any atom is -0.335 e. The van der Waals surface area contributed by atoms with Crippen molar-refractivity contribution in [2.24, 2.45) is 0 Å². The summed E-state index contributed by atoms with van der Waals surface area (Å²) in [6.07, 6.45) is 1.77. The lowest BCUT2D eigenvalue weighted by Gasteiger charge is -2.17. The Balaban J connectivity index is 2.11. The molecule has 0 N–H and O–H groups in total. The van der Waals surface area contributed by atoms with Gasteiger partial charge in [-0.3, -0.25) is 9.48 Å². The number of nitrogens with zero attached hydrogens (tertiary/aromatic N) is 3. The maximum absolute atomic E-state index is 12.3. The summed E-state index contributed by atoms with van der Waals surface area (Å²) in [5.41, 5.74) is 2.10. The van der Waals surface area contributed by atoms with Gasteiger partial charge in [-0.25, -0.2) is 0 Å². The Bertz CT molecular complexity index is 544. The van der Waals surface area contributed by atoms with Crippen molar-refractivity contribution >= 4 is 17.2 Å². The van der Waals surface area contributed by atoms with Gasteiger partial charge in [0.05, 0.1) is 17.1 Å². The zero-order valence-electron chi connectivity index (χ0n) is 10.9. The topological polar surface area (TPSA) is 38.1 Å². The highest BCUT2D eigenvalue weighted by Gasteiger charge is 2.16. The van der Waals surface area contributed by atoms with Crippen LogP contribution in [0.3, 0.4) is 0 Å². The fraction of sp³-hybridized carbons (Fsp3) is 0.385. The Labute approximate surface area is 111 Å².